The van der Waals surface area contributed by atoms with Crippen molar-refractivity contribution in [2.75, 3.05) is 20.7 Å². The van der Waals surface area contributed by atoms with E-state index in [0.717, 1.165) is 0 Å². The quantitative estimate of drug-likeness (QED) is 0.646. The highest BCUT2D eigenvalue weighted by Gasteiger charge is 2.21. The van der Waals surface area contributed by atoms with Crippen molar-refractivity contribution in [3.63, 3.8) is 0 Å². The molecule has 78 valence electrons. The zero-order valence-corrected chi connectivity index (χ0v) is 10.0. The van der Waals surface area contributed by atoms with Gasteiger partial charge >= 0.3 is 0 Å². The van der Waals surface area contributed by atoms with Crippen molar-refractivity contribution >= 4 is 7.52 Å². The number of hydrogen-bond acceptors (Lipinski definition) is 2. The van der Waals surface area contributed by atoms with Crippen molar-refractivity contribution in [3.8, 4) is 0 Å². The summed E-state index contributed by atoms with van der Waals surface area (Å²) >= 11 is 0. The Morgan fingerprint density at radius 2 is 2.00 bits per heavy atom. The third-order valence-corrected chi connectivity index (χ3v) is 3.82. The van der Waals surface area contributed by atoms with Crippen LogP contribution in [-0.4, -0.2) is 25.4 Å². The standard InChI is InChI=1S/C9H20NO2P/c1-6-12-13(11,10(4)5)8-7-9(2)3/h7-9H,6H2,1-5H3/b8-7+. The van der Waals surface area contributed by atoms with Crippen LogP contribution in [0.15, 0.2) is 11.9 Å². The molecule has 1 unspecified atom stereocenters. The summed E-state index contributed by atoms with van der Waals surface area (Å²) in [5.41, 5.74) is 0. The van der Waals surface area contributed by atoms with Crippen LogP contribution in [0, 0.1) is 5.92 Å². The molecule has 0 aliphatic rings. The summed E-state index contributed by atoms with van der Waals surface area (Å²) in [4.78, 5) is 0. The van der Waals surface area contributed by atoms with Crippen molar-refractivity contribution in [2.24, 2.45) is 5.92 Å². The van der Waals surface area contributed by atoms with E-state index in [1.54, 1.807) is 24.6 Å². The van der Waals surface area contributed by atoms with Gasteiger partial charge in [0.05, 0.1) is 6.61 Å². The van der Waals surface area contributed by atoms with Gasteiger partial charge < -0.3 is 4.52 Å². The molecule has 0 aromatic heterocycles. The van der Waals surface area contributed by atoms with Crippen LogP contribution in [0.1, 0.15) is 20.8 Å². The second-order valence-corrected chi connectivity index (χ2v) is 5.90. The summed E-state index contributed by atoms with van der Waals surface area (Å²) in [6.45, 7) is 6.40. The Hall–Kier alpha value is -0.110. The first kappa shape index (κ1) is 12.9. The Bertz CT molecular complexity index is 212. The lowest BCUT2D eigenvalue weighted by Gasteiger charge is -2.20. The highest BCUT2D eigenvalue weighted by molar-refractivity contribution is 7.59. The normalized spacial score (nSPS) is 17.2. The van der Waals surface area contributed by atoms with Gasteiger partial charge in [-0.25, -0.2) is 4.67 Å². The molecule has 3 nitrogen and oxygen atoms in total. The van der Waals surface area contributed by atoms with Gasteiger partial charge in [-0.15, -0.1) is 0 Å². The van der Waals surface area contributed by atoms with E-state index in [4.69, 9.17) is 4.52 Å². The Morgan fingerprint density at radius 1 is 1.46 bits per heavy atom. The van der Waals surface area contributed by atoms with Crippen LogP contribution in [0.25, 0.3) is 0 Å². The SMILES string of the molecule is CCOP(=O)(/C=C/C(C)C)N(C)C. The second-order valence-electron chi connectivity index (χ2n) is 3.41. The molecular weight excluding hydrogens is 185 g/mol. The minimum absolute atomic E-state index is 0.397. The van der Waals surface area contributed by atoms with E-state index < -0.39 is 7.52 Å². The van der Waals surface area contributed by atoms with E-state index in [2.05, 4.69) is 0 Å². The number of nitrogens with zero attached hydrogens (tertiary/aromatic N) is 1. The zero-order chi connectivity index (χ0) is 10.5. The summed E-state index contributed by atoms with van der Waals surface area (Å²) in [6, 6.07) is 0. The van der Waals surface area contributed by atoms with E-state index in [0.29, 0.717) is 12.5 Å². The van der Waals surface area contributed by atoms with Gasteiger partial charge in [0.1, 0.15) is 0 Å². The lowest BCUT2D eigenvalue weighted by Crippen LogP contribution is -2.09. The molecule has 0 saturated heterocycles. The van der Waals surface area contributed by atoms with E-state index in [1.165, 1.54) is 0 Å². The second kappa shape index (κ2) is 5.58. The fourth-order valence-corrected chi connectivity index (χ4v) is 2.27. The Kier molecular flexibility index (Phi) is 5.54. The molecule has 0 aromatic carbocycles. The summed E-state index contributed by atoms with van der Waals surface area (Å²) < 4.78 is 18.9. The van der Waals surface area contributed by atoms with Gasteiger partial charge in [-0.05, 0) is 26.9 Å². The molecule has 0 spiro atoms. The van der Waals surface area contributed by atoms with Gasteiger partial charge in [-0.2, -0.15) is 0 Å². The van der Waals surface area contributed by atoms with Crippen LogP contribution < -0.4 is 0 Å². The molecule has 0 aliphatic heterocycles. The zero-order valence-electron chi connectivity index (χ0n) is 9.15. The number of rotatable bonds is 5. The molecule has 0 aliphatic carbocycles. The molecule has 1 atom stereocenters. The predicted octanol–water partition coefficient (Wildman–Crippen LogP) is 2.95. The summed E-state index contributed by atoms with van der Waals surface area (Å²) in [5, 5.41) is 0. The van der Waals surface area contributed by atoms with Gasteiger partial charge in [0, 0.05) is 5.82 Å². The van der Waals surface area contributed by atoms with Crippen molar-refractivity contribution in [1.29, 1.82) is 0 Å². The maximum absolute atomic E-state index is 12.0. The highest BCUT2D eigenvalue weighted by atomic mass is 31.2. The third-order valence-electron chi connectivity index (χ3n) is 1.53. The largest absolute Gasteiger partial charge is 0.315 e. The molecule has 0 radical (unpaired) electrons. The monoisotopic (exact) mass is 205 g/mol. The smallest absolute Gasteiger partial charge is 0.294 e. The Morgan fingerprint density at radius 3 is 2.31 bits per heavy atom. The van der Waals surface area contributed by atoms with Crippen molar-refractivity contribution in [3.05, 3.63) is 11.9 Å². The average molecular weight is 205 g/mol. The molecule has 0 aromatic rings. The van der Waals surface area contributed by atoms with Crippen LogP contribution in [-0.2, 0) is 9.09 Å². The number of allylic oxidation sites excluding steroid dienone is 1. The van der Waals surface area contributed by atoms with E-state index in [-0.39, 0.29) is 0 Å². The molecule has 0 amide bonds. The molecular formula is C9H20NO2P. The van der Waals surface area contributed by atoms with Crippen molar-refractivity contribution in [1.82, 2.24) is 4.67 Å². The summed E-state index contributed by atoms with van der Waals surface area (Å²) in [7, 11) is 0.838. The third kappa shape index (κ3) is 4.61. The van der Waals surface area contributed by atoms with Crippen LogP contribution in [0.3, 0.4) is 0 Å². The predicted molar refractivity (Wildman–Crippen MR) is 56.9 cm³/mol. The maximum atomic E-state index is 12.0. The maximum Gasteiger partial charge on any atom is 0.294 e. The van der Waals surface area contributed by atoms with Crippen molar-refractivity contribution < 1.29 is 9.09 Å². The first-order valence-electron chi connectivity index (χ1n) is 4.53. The molecule has 0 fully saturated rings. The Labute approximate surface area is 81.3 Å². The molecule has 0 saturated carbocycles. The molecule has 0 rings (SSSR count). The van der Waals surface area contributed by atoms with E-state index in [9.17, 15) is 4.57 Å². The van der Waals surface area contributed by atoms with Gasteiger partial charge in [-0.3, -0.25) is 4.57 Å². The molecule has 4 heteroatoms. The average Bonchev–Trinajstić information content (AvgIpc) is 2.01. The Balaban J connectivity index is 4.51. The topological polar surface area (TPSA) is 29.5 Å². The molecule has 13 heavy (non-hydrogen) atoms. The van der Waals surface area contributed by atoms with Crippen LogP contribution in [0.5, 0.6) is 0 Å². The van der Waals surface area contributed by atoms with Crippen LogP contribution in [0.2, 0.25) is 0 Å². The lowest BCUT2D eigenvalue weighted by molar-refractivity contribution is 0.305. The van der Waals surface area contributed by atoms with Gasteiger partial charge in [0.2, 0.25) is 0 Å². The van der Waals surface area contributed by atoms with Gasteiger partial charge in [-0.1, -0.05) is 19.9 Å². The van der Waals surface area contributed by atoms with Gasteiger partial charge in [0.25, 0.3) is 7.52 Å². The highest BCUT2D eigenvalue weighted by Crippen LogP contribution is 2.50. The molecule has 0 N–H and O–H groups in total. The minimum Gasteiger partial charge on any atom is -0.315 e. The first-order chi connectivity index (χ1) is 5.92. The fraction of sp³-hybridized carbons (Fsp3) is 0.778. The van der Waals surface area contributed by atoms with Crippen molar-refractivity contribution in [2.45, 2.75) is 20.8 Å². The molecule has 0 bridgehead atoms. The van der Waals surface area contributed by atoms with E-state index in [1.807, 2.05) is 26.8 Å². The van der Waals surface area contributed by atoms with Gasteiger partial charge in [0.15, 0.2) is 0 Å². The van der Waals surface area contributed by atoms with E-state index >= 15 is 0 Å². The number of hydrogen-bond donors (Lipinski definition) is 0. The van der Waals surface area contributed by atoms with Crippen LogP contribution >= 0.6 is 7.52 Å². The minimum atomic E-state index is -2.69. The first-order valence-corrected chi connectivity index (χ1v) is 6.18. The lowest BCUT2D eigenvalue weighted by atomic mass is 10.2. The summed E-state index contributed by atoms with van der Waals surface area (Å²) in [6.07, 6.45) is 1.91. The van der Waals surface area contributed by atoms with Crippen LogP contribution in [0.4, 0.5) is 0 Å². The summed E-state index contributed by atoms with van der Waals surface area (Å²) in [5.74, 6) is 2.08. The molecule has 0 heterocycles. The fourth-order valence-electron chi connectivity index (χ4n) is 0.758.